The zero-order valence-electron chi connectivity index (χ0n) is 17.5. The molecule has 2 heterocycles. The molecule has 31 heavy (non-hydrogen) atoms. The van der Waals surface area contributed by atoms with Gasteiger partial charge in [0.25, 0.3) is 11.7 Å². The third-order valence-corrected chi connectivity index (χ3v) is 5.69. The number of hydrogen-bond donors (Lipinski definition) is 2. The van der Waals surface area contributed by atoms with E-state index in [-0.39, 0.29) is 22.8 Å². The molecule has 1 fully saturated rings. The zero-order chi connectivity index (χ0) is 22.7. The number of hydrogen-bond acceptors (Lipinski definition) is 7. The molecule has 1 aromatic carbocycles. The summed E-state index contributed by atoms with van der Waals surface area (Å²) < 4.78 is 5.60. The number of carbonyl (C=O) groups is 2. The average Bonchev–Trinajstić information content (AvgIpc) is 3.00. The summed E-state index contributed by atoms with van der Waals surface area (Å²) in [7, 11) is 5.27. The minimum Gasteiger partial charge on any atom is -0.507 e. The van der Waals surface area contributed by atoms with Crippen LogP contribution >= 0.6 is 15.9 Å². The number of aromatic hydroxyl groups is 1. The van der Waals surface area contributed by atoms with Crippen molar-refractivity contribution in [2.24, 2.45) is 0 Å². The first kappa shape index (κ1) is 22.8. The van der Waals surface area contributed by atoms with Crippen LogP contribution in [0.3, 0.4) is 0 Å². The summed E-state index contributed by atoms with van der Waals surface area (Å²) in [5.41, 5.74) is 0.901. The molecule has 8 nitrogen and oxygen atoms in total. The Hall–Kier alpha value is -2.91. The number of carbonyl (C=O) groups excluding carboxylic acids is 2. The summed E-state index contributed by atoms with van der Waals surface area (Å²) in [6, 6.07) is 5.49. The van der Waals surface area contributed by atoms with Gasteiger partial charge in [-0.15, -0.1) is 0 Å². The molecule has 1 atom stereocenters. The van der Waals surface area contributed by atoms with Gasteiger partial charge in [0.1, 0.15) is 5.76 Å². The number of aromatic nitrogens is 1. The van der Waals surface area contributed by atoms with Gasteiger partial charge in [-0.2, -0.15) is 0 Å². The molecule has 1 aliphatic heterocycles. The number of halogens is 1. The molecule has 1 saturated heterocycles. The number of rotatable bonds is 7. The maximum Gasteiger partial charge on any atom is 0.295 e. The fraction of sp³-hybridized carbons (Fsp3) is 0.318. The lowest BCUT2D eigenvalue weighted by atomic mass is 9.95. The van der Waals surface area contributed by atoms with E-state index in [4.69, 9.17) is 4.74 Å². The third-order valence-electron chi connectivity index (χ3n) is 5.08. The maximum absolute atomic E-state index is 13.0. The summed E-state index contributed by atoms with van der Waals surface area (Å²) in [5, 5.41) is 21.2. The van der Waals surface area contributed by atoms with Crippen molar-refractivity contribution in [3.63, 3.8) is 0 Å². The molecule has 3 rings (SSSR count). The van der Waals surface area contributed by atoms with Crippen LogP contribution < -0.4 is 4.74 Å². The maximum atomic E-state index is 13.0. The van der Waals surface area contributed by atoms with Gasteiger partial charge in [0, 0.05) is 24.5 Å². The molecule has 0 bridgehead atoms. The highest BCUT2D eigenvalue weighted by molar-refractivity contribution is 9.10. The molecule has 1 amide bonds. The Labute approximate surface area is 188 Å². The van der Waals surface area contributed by atoms with E-state index in [0.717, 1.165) is 6.54 Å². The normalized spacial score (nSPS) is 18.1. The summed E-state index contributed by atoms with van der Waals surface area (Å²) in [6.45, 7) is 1.05. The van der Waals surface area contributed by atoms with Crippen LogP contribution in [-0.2, 0) is 9.59 Å². The number of ether oxygens (including phenoxy) is 1. The second-order valence-corrected chi connectivity index (χ2v) is 8.29. The van der Waals surface area contributed by atoms with Gasteiger partial charge >= 0.3 is 0 Å². The smallest absolute Gasteiger partial charge is 0.295 e. The van der Waals surface area contributed by atoms with Gasteiger partial charge in [0.15, 0.2) is 11.5 Å². The van der Waals surface area contributed by atoms with E-state index in [9.17, 15) is 19.8 Å². The minimum atomic E-state index is -0.832. The first-order valence-corrected chi connectivity index (χ1v) is 10.5. The van der Waals surface area contributed by atoms with Crippen LogP contribution in [0.5, 0.6) is 11.5 Å². The quantitative estimate of drug-likeness (QED) is 0.350. The Morgan fingerprint density at radius 2 is 1.94 bits per heavy atom. The van der Waals surface area contributed by atoms with Crippen LogP contribution in [0.4, 0.5) is 0 Å². The molecule has 9 heteroatoms. The predicted molar refractivity (Wildman–Crippen MR) is 119 cm³/mol. The van der Waals surface area contributed by atoms with Crippen LogP contribution in [0, 0.1) is 0 Å². The zero-order valence-corrected chi connectivity index (χ0v) is 19.1. The Morgan fingerprint density at radius 3 is 2.55 bits per heavy atom. The number of phenolic OH excluding ortho intramolecular Hbond substituents is 1. The second kappa shape index (κ2) is 9.49. The summed E-state index contributed by atoms with van der Waals surface area (Å²) in [6.07, 6.45) is 3.64. The number of Topliss-reactive ketones (excluding diaryl/α,β-unsaturated/α-hetero) is 1. The van der Waals surface area contributed by atoms with Crippen molar-refractivity contribution in [3.8, 4) is 11.5 Å². The van der Waals surface area contributed by atoms with Crippen molar-refractivity contribution in [2.45, 2.75) is 12.5 Å². The molecule has 2 N–H and O–H groups in total. The fourth-order valence-corrected chi connectivity index (χ4v) is 4.05. The van der Waals surface area contributed by atoms with Crippen molar-refractivity contribution in [1.82, 2.24) is 14.8 Å². The molecule has 0 spiro atoms. The summed E-state index contributed by atoms with van der Waals surface area (Å²) in [4.78, 5) is 33.3. The molecule has 164 valence electrons. The first-order valence-electron chi connectivity index (χ1n) is 9.66. The van der Waals surface area contributed by atoms with E-state index in [1.54, 1.807) is 24.3 Å². The van der Waals surface area contributed by atoms with E-state index in [2.05, 4.69) is 20.9 Å². The van der Waals surface area contributed by atoms with E-state index < -0.39 is 17.7 Å². The molecule has 0 saturated carbocycles. The Kier molecular flexibility index (Phi) is 6.97. The van der Waals surface area contributed by atoms with Gasteiger partial charge in [0.05, 0.1) is 23.2 Å². The number of amides is 1. The van der Waals surface area contributed by atoms with E-state index >= 15 is 0 Å². The molecule has 1 aromatic heterocycles. The topological polar surface area (TPSA) is 103 Å². The monoisotopic (exact) mass is 489 g/mol. The van der Waals surface area contributed by atoms with Crippen molar-refractivity contribution in [1.29, 1.82) is 0 Å². The number of aliphatic hydroxyl groups excluding tert-OH is 1. The molecule has 2 aromatic rings. The van der Waals surface area contributed by atoms with Crippen LogP contribution in [0.1, 0.15) is 23.6 Å². The van der Waals surface area contributed by atoms with Gasteiger partial charge in [-0.25, -0.2) is 0 Å². The molecule has 0 aliphatic carbocycles. The highest BCUT2D eigenvalue weighted by atomic mass is 79.9. The number of likely N-dealkylation sites (tertiary alicyclic amines) is 1. The van der Waals surface area contributed by atoms with Gasteiger partial charge in [0.2, 0.25) is 0 Å². The molecule has 1 unspecified atom stereocenters. The fourth-order valence-electron chi connectivity index (χ4n) is 3.59. The van der Waals surface area contributed by atoms with Gasteiger partial charge in [-0.1, -0.05) is 0 Å². The lowest BCUT2D eigenvalue weighted by Gasteiger charge is -2.26. The second-order valence-electron chi connectivity index (χ2n) is 7.44. The lowest BCUT2D eigenvalue weighted by Crippen LogP contribution is -2.32. The Balaban J connectivity index is 2.16. The number of aliphatic hydroxyl groups is 1. The van der Waals surface area contributed by atoms with Crippen LogP contribution in [0.2, 0.25) is 0 Å². The standard InChI is InChI=1S/C22H24BrN3O5/c1-25(2)9-4-10-26-18(14-11-15(23)20(28)16(12-14)31-3)17(21(29)22(26)30)19(27)13-5-7-24-8-6-13/h5-8,11-12,18,27-28H,4,9-10H2,1-3H3/b19-17+. The SMILES string of the molecule is COc1cc(C2/C(=C(\O)c3ccncc3)C(=O)C(=O)N2CCCN(C)C)cc(Br)c1O. The number of benzene rings is 1. The van der Waals surface area contributed by atoms with Crippen molar-refractivity contribution in [3.05, 3.63) is 57.8 Å². The van der Waals surface area contributed by atoms with E-state index in [0.29, 0.717) is 28.6 Å². The average molecular weight is 490 g/mol. The lowest BCUT2D eigenvalue weighted by molar-refractivity contribution is -0.139. The summed E-state index contributed by atoms with van der Waals surface area (Å²) >= 11 is 3.30. The molecule has 0 radical (unpaired) electrons. The van der Waals surface area contributed by atoms with Crippen LogP contribution in [0.25, 0.3) is 5.76 Å². The highest BCUT2D eigenvalue weighted by Crippen LogP contribution is 2.44. The number of nitrogens with zero attached hydrogens (tertiary/aromatic N) is 3. The molecular formula is C22H24BrN3O5. The van der Waals surface area contributed by atoms with Gasteiger partial charge in [-0.05, 0) is 72.8 Å². The highest BCUT2D eigenvalue weighted by Gasteiger charge is 2.46. The van der Waals surface area contributed by atoms with E-state index in [1.807, 2.05) is 19.0 Å². The number of phenols is 1. The van der Waals surface area contributed by atoms with E-state index in [1.165, 1.54) is 24.4 Å². The van der Waals surface area contributed by atoms with Gasteiger partial charge in [-0.3, -0.25) is 14.6 Å². The minimum absolute atomic E-state index is 0.0132. The van der Waals surface area contributed by atoms with Crippen molar-refractivity contribution >= 4 is 33.4 Å². The number of pyridine rings is 1. The molecule has 1 aliphatic rings. The third kappa shape index (κ3) is 4.57. The van der Waals surface area contributed by atoms with Crippen LogP contribution in [0.15, 0.2) is 46.7 Å². The van der Waals surface area contributed by atoms with Crippen molar-refractivity contribution in [2.75, 3.05) is 34.3 Å². The summed E-state index contributed by atoms with van der Waals surface area (Å²) in [5.74, 6) is -1.61. The number of methoxy groups -OCH3 is 1. The Morgan fingerprint density at radius 1 is 1.26 bits per heavy atom. The Bertz CT molecular complexity index is 1020. The van der Waals surface area contributed by atoms with Crippen molar-refractivity contribution < 1.29 is 24.5 Å². The first-order chi connectivity index (χ1) is 14.8. The number of ketones is 1. The molecular weight excluding hydrogens is 466 g/mol. The van der Waals surface area contributed by atoms with Crippen LogP contribution in [-0.4, -0.2) is 71.0 Å². The van der Waals surface area contributed by atoms with Gasteiger partial charge < -0.3 is 24.7 Å². The predicted octanol–water partition coefficient (Wildman–Crippen LogP) is 2.93. The largest absolute Gasteiger partial charge is 0.507 e.